The number of carbonyl (C=O) groups excluding carboxylic acids is 10. The lowest BCUT2D eigenvalue weighted by molar-refractivity contribution is -0.147. The minimum atomic E-state index is -1.24. The van der Waals surface area contributed by atoms with Gasteiger partial charge in [0.05, 0.1) is 131 Å². The molecule has 4 fully saturated rings. The minimum Gasteiger partial charge on any atom is -0.469 e. The third-order valence-corrected chi connectivity index (χ3v) is 20.8. The molecule has 0 spiro atoms. The molecule has 5 unspecified atom stereocenters. The molecule has 4 aliphatic rings. The Kier molecular flexibility index (Phi) is 43.0. The summed E-state index contributed by atoms with van der Waals surface area (Å²) in [6.07, 6.45) is -7.46. The maximum absolute atomic E-state index is 13.6. The molecule has 5 N–H and O–H groups in total. The lowest BCUT2D eigenvalue weighted by Crippen LogP contribution is -2.55. The van der Waals surface area contributed by atoms with Crippen LogP contribution in [-0.2, 0) is 174 Å². The van der Waals surface area contributed by atoms with Gasteiger partial charge >= 0.3 is 128 Å². The summed E-state index contributed by atoms with van der Waals surface area (Å²) in [6, 6.07) is -2.18. The Morgan fingerprint density at radius 3 is 0.696 bits per heavy atom. The van der Waals surface area contributed by atoms with Crippen LogP contribution in [0.1, 0.15) is 57.8 Å². The Labute approximate surface area is 761 Å². The average molecular weight is 1940 g/mol. The van der Waals surface area contributed by atoms with Crippen LogP contribution in [0.3, 0.4) is 0 Å². The summed E-state index contributed by atoms with van der Waals surface area (Å²) in [6.45, 7) is -13.4. The van der Waals surface area contributed by atoms with Crippen LogP contribution in [0.25, 0.3) is 0 Å². The maximum Gasteiger partial charge on any atom is 0.336 e. The molecule has 0 bridgehead atoms. The SMILES string of the molecule is COCN1C(=O)N(COC)C2C1N(COC)C(=O)N2COCCn1c(=O)n(CCO)c(=O)n(CCOC(=O)CCn2c(=O)n(CCC(=O)OC)c(=O)n(CCC(=O)OCC(O)CCO)c2=O)c1=O.COCN1C(=O)N(COC)C2C1N(COC)C(=O)N2COCCn1c(=O)n(CCO)c(=O)n(CCOC(=O)CCn2c(=O)n(CCC(=O)OC)c(=O)n(CCC(=O)OCCCCO)c2=O)c1=O. The molecule has 4 aliphatic heterocycles. The van der Waals surface area contributed by atoms with Crippen LogP contribution < -0.4 is 68.3 Å². The first-order chi connectivity index (χ1) is 64.6. The van der Waals surface area contributed by atoms with Gasteiger partial charge in [-0.25, -0.2) is 132 Å². The number of aliphatic hydroxyl groups is 5. The minimum absolute atomic E-state index is 0.0263. The molecule has 754 valence electrons. The topological polar surface area (TPSA) is 691 Å². The first-order valence-corrected chi connectivity index (χ1v) is 41.7. The van der Waals surface area contributed by atoms with Crippen molar-refractivity contribution < 1.29 is 140 Å². The van der Waals surface area contributed by atoms with Crippen LogP contribution in [-0.4, -0.2) is 387 Å². The van der Waals surface area contributed by atoms with Crippen LogP contribution in [0, 0.1) is 0 Å². The van der Waals surface area contributed by atoms with Crippen molar-refractivity contribution in [3.63, 3.8) is 0 Å². The number of hydrogen-bond acceptors (Lipinski definition) is 41. The predicted octanol–water partition coefficient (Wildman–Crippen LogP) is -12.1. The van der Waals surface area contributed by atoms with Crippen LogP contribution >= 0.6 is 0 Å². The summed E-state index contributed by atoms with van der Waals surface area (Å²) in [4.78, 5) is 298. The molecule has 8 rings (SSSR count). The number of urea groups is 4. The largest absolute Gasteiger partial charge is 0.469 e. The molecule has 8 heterocycles. The molecule has 4 aromatic rings. The molecule has 5 atom stereocenters. The van der Waals surface area contributed by atoms with Crippen molar-refractivity contribution in [3.8, 4) is 0 Å². The molecule has 0 aliphatic carbocycles. The van der Waals surface area contributed by atoms with E-state index in [1.807, 2.05) is 0 Å². The predicted molar refractivity (Wildman–Crippen MR) is 445 cm³/mol. The van der Waals surface area contributed by atoms with Gasteiger partial charge in [0.25, 0.3) is 0 Å². The molecule has 135 heavy (non-hydrogen) atoms. The van der Waals surface area contributed by atoms with Crippen molar-refractivity contribution in [1.82, 2.24) is 94.0 Å². The van der Waals surface area contributed by atoms with E-state index in [4.69, 9.17) is 67.1 Å². The number of aromatic nitrogens is 12. The van der Waals surface area contributed by atoms with Gasteiger partial charge in [0.15, 0.2) is 24.7 Å². The lowest BCUT2D eigenvalue weighted by atomic mass is 10.3. The van der Waals surface area contributed by atoms with Gasteiger partial charge in [0.1, 0.15) is 73.7 Å². The lowest BCUT2D eigenvalue weighted by Gasteiger charge is -2.28. The standard InChI is InChI=1S/C37H56N10O21.C37H56N10O20/c1-62-20-44-28-29(46(22-64-3)36(44)60)47(37(61)45(28)21-63-2)23-66-17-13-42-33(57)41(12-16-49)34(58)43(35(42)59)14-18-67-26(52)6-10-39-30(54)38(9-5-25(51)65-4)31(55)40(32(39)56)11-7-27(53)68-19-24(50)8-15-48;1-61-21-44-28-29(46(23-63-3)36(44)59)47(37(60)45(28)22-62-2)24-65-19-14-42-33(56)41(13-17-49)34(57)43(35(42)58)15-20-67-27(52)9-12-40-31(54)38(10-7-25(50)64-4)30(53)39(32(40)55)11-8-26(51)66-18-6-5-16-48/h24,28-29,48-50H,5-23H2,1-4H3;28-29,48-49H,5-24H2,1-4H3. The van der Waals surface area contributed by atoms with Gasteiger partial charge in [-0.3, -0.25) is 68.0 Å². The summed E-state index contributed by atoms with van der Waals surface area (Å²) in [5.41, 5.74) is -14.0. The highest BCUT2D eigenvalue weighted by atomic mass is 16.6. The number of unbranched alkanes of at least 4 members (excludes halogenated alkanes) is 1. The smallest absolute Gasteiger partial charge is 0.336 e. The van der Waals surface area contributed by atoms with Crippen molar-refractivity contribution >= 4 is 59.9 Å². The van der Waals surface area contributed by atoms with E-state index in [1.165, 1.54) is 81.9 Å². The molecule has 4 saturated heterocycles. The number of amides is 8. The zero-order valence-corrected chi connectivity index (χ0v) is 75.3. The summed E-state index contributed by atoms with van der Waals surface area (Å²) < 4.78 is 78.7. The van der Waals surface area contributed by atoms with Gasteiger partial charge in [-0.2, -0.15) is 0 Å². The summed E-state index contributed by atoms with van der Waals surface area (Å²) in [5, 5.41) is 46.7. The number of nitrogens with zero attached hydrogens (tertiary/aromatic N) is 20. The normalized spacial score (nSPS) is 15.9. The molecule has 0 saturated carbocycles. The molecular formula is C74H112N20O41. The molecule has 61 nitrogen and oxygen atoms in total. The molecule has 0 aromatic carbocycles. The number of aliphatic hydroxyl groups excluding tert-OH is 5. The van der Waals surface area contributed by atoms with Crippen LogP contribution in [0.4, 0.5) is 19.2 Å². The van der Waals surface area contributed by atoms with Crippen molar-refractivity contribution in [2.45, 2.75) is 167 Å². The van der Waals surface area contributed by atoms with E-state index in [-0.39, 0.29) is 73.2 Å². The highest BCUT2D eigenvalue weighted by Crippen LogP contribution is 2.36. The Morgan fingerprint density at radius 2 is 0.467 bits per heavy atom. The second-order valence-corrected chi connectivity index (χ2v) is 29.4. The second kappa shape index (κ2) is 53.2. The quantitative estimate of drug-likeness (QED) is 0.0156. The van der Waals surface area contributed by atoms with E-state index >= 15 is 0 Å². The van der Waals surface area contributed by atoms with Gasteiger partial charge in [0, 0.05) is 95.1 Å². The van der Waals surface area contributed by atoms with Gasteiger partial charge in [-0.1, -0.05) is 0 Å². The van der Waals surface area contributed by atoms with E-state index in [2.05, 4.69) is 9.47 Å². The molecule has 8 amide bonds. The Bertz CT molecular complexity index is 5580. The molecule has 4 aromatic heterocycles. The highest BCUT2D eigenvalue weighted by molar-refractivity contribution is 5.86. The van der Waals surface area contributed by atoms with Crippen LogP contribution in [0.5, 0.6) is 0 Å². The monoisotopic (exact) mass is 1940 g/mol. The van der Waals surface area contributed by atoms with Crippen molar-refractivity contribution in [1.29, 1.82) is 0 Å². The van der Waals surface area contributed by atoms with Gasteiger partial charge < -0.3 is 91.8 Å². The third kappa shape index (κ3) is 26.8. The number of ether oxygens (including phenoxy) is 14. The average Bonchev–Trinajstić information content (AvgIpc) is 1.57. The van der Waals surface area contributed by atoms with Crippen molar-refractivity contribution in [2.24, 2.45) is 0 Å². The zero-order chi connectivity index (χ0) is 99.6. The number of esters is 6. The zero-order valence-electron chi connectivity index (χ0n) is 75.3. The molecular weight excluding hydrogens is 1820 g/mol. The Morgan fingerprint density at radius 1 is 0.252 bits per heavy atom. The van der Waals surface area contributed by atoms with Gasteiger partial charge in [-0.15, -0.1) is 0 Å². The Hall–Kier alpha value is -13.0. The number of rotatable bonds is 58. The van der Waals surface area contributed by atoms with E-state index < -0.39 is 329 Å². The summed E-state index contributed by atoms with van der Waals surface area (Å²) >= 11 is 0. The first kappa shape index (κ1) is 109. The van der Waals surface area contributed by atoms with Gasteiger partial charge in [0.2, 0.25) is 0 Å². The molecule has 61 heteroatoms. The number of methoxy groups -OCH3 is 8. The third-order valence-electron chi connectivity index (χ3n) is 20.8. The fourth-order valence-corrected chi connectivity index (χ4v) is 14.3. The second-order valence-electron chi connectivity index (χ2n) is 29.4. The van der Waals surface area contributed by atoms with Crippen LogP contribution in [0.15, 0.2) is 57.5 Å². The van der Waals surface area contributed by atoms with Crippen molar-refractivity contribution in [2.75, 3.05) is 177 Å². The number of carbonyl (C=O) groups is 10. The Balaban J connectivity index is 0.000000368. The van der Waals surface area contributed by atoms with Crippen molar-refractivity contribution in [3.05, 3.63) is 126 Å². The maximum atomic E-state index is 13.6. The fourth-order valence-electron chi connectivity index (χ4n) is 14.3. The number of hydrogen-bond donors (Lipinski definition) is 5. The van der Waals surface area contributed by atoms with Crippen LogP contribution in [0.2, 0.25) is 0 Å². The van der Waals surface area contributed by atoms with E-state index in [0.29, 0.717) is 67.6 Å². The number of fused-ring (bicyclic) bond motifs is 2. The van der Waals surface area contributed by atoms with E-state index in [9.17, 15) is 121 Å². The highest BCUT2D eigenvalue weighted by Gasteiger charge is 2.61. The fraction of sp³-hybridized carbons (Fsp3) is 0.703. The molecule has 0 radical (unpaired) electrons. The van der Waals surface area contributed by atoms with E-state index in [1.54, 1.807) is 0 Å². The van der Waals surface area contributed by atoms with E-state index in [0.717, 1.165) is 14.2 Å². The summed E-state index contributed by atoms with van der Waals surface area (Å²) in [5.74, 6) is -5.42. The first-order valence-electron chi connectivity index (χ1n) is 41.7. The summed E-state index contributed by atoms with van der Waals surface area (Å²) in [7, 11) is 10.3. The van der Waals surface area contributed by atoms with Gasteiger partial charge in [-0.05, 0) is 19.3 Å².